The monoisotopic (exact) mass is 524 g/mol. The van der Waals surface area contributed by atoms with Crippen LogP contribution in [0.15, 0.2) is 63.5 Å². The number of carbonyl (C=O) groups is 2. The fourth-order valence-electron chi connectivity index (χ4n) is 4.18. The summed E-state index contributed by atoms with van der Waals surface area (Å²) >= 11 is 7.15. The molecule has 0 aliphatic carbocycles. The Hall–Kier alpha value is -2.44. The Labute approximate surface area is 190 Å². The molecule has 1 aliphatic rings. The Balaban J connectivity index is 1.72. The molecule has 0 radical (unpaired) electrons. The van der Waals surface area contributed by atoms with Gasteiger partial charge in [0.15, 0.2) is 0 Å². The van der Waals surface area contributed by atoms with Crippen LogP contribution in [0.2, 0.25) is 0 Å². The molecule has 0 unspecified atom stereocenters. The van der Waals surface area contributed by atoms with Gasteiger partial charge in [-0.05, 0) is 61.0 Å². The number of imide groups is 1. The summed E-state index contributed by atoms with van der Waals surface area (Å²) in [5, 5.41) is 2.24. The van der Waals surface area contributed by atoms with Gasteiger partial charge in [-0.25, -0.2) is 0 Å². The summed E-state index contributed by atoms with van der Waals surface area (Å²) in [6.45, 7) is 2.52. The molecule has 0 fully saturated rings. The number of aromatic nitrogens is 1. The molecule has 0 saturated carbocycles. The van der Waals surface area contributed by atoms with Crippen molar-refractivity contribution in [2.45, 2.75) is 19.8 Å². The van der Waals surface area contributed by atoms with Gasteiger partial charge in [0.25, 0.3) is 11.8 Å². The standard InChI is InChI=1S/C24H18Br2N2O2/c1-2-3-10-27-23(29)17-7-6-16(13-20(17)24(27)30)28-21-8-4-14(25)11-18(21)19-12-15(26)5-9-22(19)28/h4-9,11-13H,2-3,10H2,1H3. The first-order valence-corrected chi connectivity index (χ1v) is 11.5. The van der Waals surface area contributed by atoms with Crippen LogP contribution in [-0.4, -0.2) is 27.8 Å². The van der Waals surface area contributed by atoms with Crippen molar-refractivity contribution in [3.8, 4) is 5.69 Å². The molecule has 6 heteroatoms. The normalized spacial score (nSPS) is 13.6. The van der Waals surface area contributed by atoms with Gasteiger partial charge in [0.2, 0.25) is 0 Å². The smallest absolute Gasteiger partial charge is 0.261 e. The number of fused-ring (bicyclic) bond motifs is 4. The van der Waals surface area contributed by atoms with E-state index in [1.54, 1.807) is 6.07 Å². The van der Waals surface area contributed by atoms with Gasteiger partial charge in [-0.2, -0.15) is 0 Å². The minimum Gasteiger partial charge on any atom is -0.309 e. The first-order valence-electron chi connectivity index (χ1n) is 9.89. The zero-order valence-corrected chi connectivity index (χ0v) is 19.5. The number of hydrogen-bond acceptors (Lipinski definition) is 2. The van der Waals surface area contributed by atoms with Gasteiger partial charge >= 0.3 is 0 Å². The summed E-state index contributed by atoms with van der Waals surface area (Å²) in [7, 11) is 0. The van der Waals surface area contributed by atoms with Crippen LogP contribution in [0.3, 0.4) is 0 Å². The third-order valence-corrected chi connectivity index (χ3v) is 6.62. The predicted octanol–water partition coefficient (Wildman–Crippen LogP) is 6.70. The molecule has 5 rings (SSSR count). The van der Waals surface area contributed by atoms with Crippen molar-refractivity contribution in [1.82, 2.24) is 9.47 Å². The summed E-state index contributed by atoms with van der Waals surface area (Å²) in [5.41, 5.74) is 3.94. The van der Waals surface area contributed by atoms with Crippen LogP contribution in [0.25, 0.3) is 27.5 Å². The van der Waals surface area contributed by atoms with Crippen LogP contribution in [0.1, 0.15) is 40.5 Å². The van der Waals surface area contributed by atoms with Crippen LogP contribution < -0.4 is 0 Å². The van der Waals surface area contributed by atoms with Crippen molar-refractivity contribution in [3.05, 3.63) is 74.7 Å². The predicted molar refractivity (Wildman–Crippen MR) is 126 cm³/mol. The zero-order valence-electron chi connectivity index (χ0n) is 16.3. The van der Waals surface area contributed by atoms with Gasteiger partial charge in [0, 0.05) is 32.0 Å². The quantitative estimate of drug-likeness (QED) is 0.278. The fraction of sp³-hybridized carbons (Fsp3) is 0.167. The number of rotatable bonds is 4. The van der Waals surface area contributed by atoms with E-state index in [1.807, 2.05) is 24.3 Å². The average Bonchev–Trinajstić information content (AvgIpc) is 3.17. The highest BCUT2D eigenvalue weighted by Crippen LogP contribution is 2.36. The van der Waals surface area contributed by atoms with Crippen molar-refractivity contribution in [2.24, 2.45) is 0 Å². The number of carbonyl (C=O) groups excluding carboxylic acids is 2. The molecule has 4 nitrogen and oxygen atoms in total. The molecule has 150 valence electrons. The number of unbranched alkanes of at least 4 members (excludes halogenated alkanes) is 1. The van der Waals surface area contributed by atoms with Crippen molar-refractivity contribution in [3.63, 3.8) is 0 Å². The lowest BCUT2D eigenvalue weighted by molar-refractivity contribution is 0.0652. The van der Waals surface area contributed by atoms with Gasteiger partial charge in [0.1, 0.15) is 0 Å². The molecular weight excluding hydrogens is 508 g/mol. The van der Waals surface area contributed by atoms with Crippen molar-refractivity contribution in [2.75, 3.05) is 6.54 Å². The van der Waals surface area contributed by atoms with Crippen LogP contribution >= 0.6 is 31.9 Å². The minimum atomic E-state index is -0.198. The highest BCUT2D eigenvalue weighted by Gasteiger charge is 2.35. The van der Waals surface area contributed by atoms with E-state index in [0.29, 0.717) is 17.7 Å². The number of halogens is 2. The summed E-state index contributed by atoms with van der Waals surface area (Å²) in [6, 6.07) is 17.9. The van der Waals surface area contributed by atoms with Crippen LogP contribution in [0.4, 0.5) is 0 Å². The summed E-state index contributed by atoms with van der Waals surface area (Å²) in [6.07, 6.45) is 1.75. The van der Waals surface area contributed by atoms with E-state index in [-0.39, 0.29) is 11.8 Å². The third kappa shape index (κ3) is 2.93. The topological polar surface area (TPSA) is 42.3 Å². The second-order valence-corrected chi connectivity index (χ2v) is 9.34. The van der Waals surface area contributed by atoms with E-state index in [9.17, 15) is 9.59 Å². The largest absolute Gasteiger partial charge is 0.309 e. The highest BCUT2D eigenvalue weighted by molar-refractivity contribution is 9.10. The Morgan fingerprint density at radius 3 is 1.97 bits per heavy atom. The Bertz CT molecular complexity index is 1300. The Morgan fingerprint density at radius 1 is 0.767 bits per heavy atom. The molecule has 0 N–H and O–H groups in total. The molecule has 4 aromatic rings. The lowest BCUT2D eigenvalue weighted by atomic mass is 10.1. The van der Waals surface area contributed by atoms with E-state index in [0.717, 1.165) is 49.3 Å². The number of hydrogen-bond donors (Lipinski definition) is 0. The van der Waals surface area contributed by atoms with Gasteiger partial charge in [0.05, 0.1) is 22.2 Å². The molecule has 2 amide bonds. The second-order valence-electron chi connectivity index (χ2n) is 7.50. The molecule has 1 aromatic heterocycles. The molecule has 2 heterocycles. The van der Waals surface area contributed by atoms with E-state index in [2.05, 4.69) is 67.6 Å². The lowest BCUT2D eigenvalue weighted by Gasteiger charge is -2.12. The minimum absolute atomic E-state index is 0.190. The molecule has 0 bridgehead atoms. The molecule has 0 saturated heterocycles. The highest BCUT2D eigenvalue weighted by atomic mass is 79.9. The molecular formula is C24H18Br2N2O2. The molecule has 0 atom stereocenters. The van der Waals surface area contributed by atoms with Crippen molar-refractivity contribution < 1.29 is 9.59 Å². The molecule has 3 aromatic carbocycles. The molecule has 0 spiro atoms. The van der Waals surface area contributed by atoms with Crippen molar-refractivity contribution in [1.29, 1.82) is 0 Å². The van der Waals surface area contributed by atoms with E-state index in [4.69, 9.17) is 0 Å². The third-order valence-electron chi connectivity index (χ3n) is 5.64. The number of benzene rings is 3. The van der Waals surface area contributed by atoms with Crippen LogP contribution in [-0.2, 0) is 0 Å². The second kappa shape index (κ2) is 7.36. The Morgan fingerprint density at radius 2 is 1.37 bits per heavy atom. The summed E-state index contributed by atoms with van der Waals surface area (Å²) < 4.78 is 4.17. The SMILES string of the molecule is CCCCN1C(=O)c2ccc(-n3c4ccc(Br)cc4c4cc(Br)ccc43)cc2C1=O. The van der Waals surface area contributed by atoms with Gasteiger partial charge in [-0.3, -0.25) is 14.5 Å². The summed E-state index contributed by atoms with van der Waals surface area (Å²) in [4.78, 5) is 27.0. The molecule has 1 aliphatic heterocycles. The Kier molecular flexibility index (Phi) is 4.79. The first-order chi connectivity index (χ1) is 14.5. The van der Waals surface area contributed by atoms with Gasteiger partial charge < -0.3 is 4.57 Å². The number of nitrogens with zero attached hydrogens (tertiary/aromatic N) is 2. The first kappa shape index (κ1) is 19.5. The van der Waals surface area contributed by atoms with Gasteiger partial charge in [-0.1, -0.05) is 45.2 Å². The zero-order chi connectivity index (χ0) is 21.0. The maximum Gasteiger partial charge on any atom is 0.261 e. The maximum atomic E-state index is 12.9. The lowest BCUT2D eigenvalue weighted by Crippen LogP contribution is -2.30. The average molecular weight is 526 g/mol. The van der Waals surface area contributed by atoms with Gasteiger partial charge in [-0.15, -0.1) is 0 Å². The van der Waals surface area contributed by atoms with Crippen molar-refractivity contribution >= 4 is 65.5 Å². The van der Waals surface area contributed by atoms with Crippen LogP contribution in [0, 0.1) is 0 Å². The maximum absolute atomic E-state index is 12.9. The van der Waals surface area contributed by atoms with E-state index < -0.39 is 0 Å². The molecule has 30 heavy (non-hydrogen) atoms. The fourth-order valence-corrected chi connectivity index (χ4v) is 4.91. The summed E-state index contributed by atoms with van der Waals surface area (Å²) in [5.74, 6) is -0.387. The van der Waals surface area contributed by atoms with Crippen LogP contribution in [0.5, 0.6) is 0 Å². The van der Waals surface area contributed by atoms with E-state index in [1.165, 1.54) is 4.90 Å². The van der Waals surface area contributed by atoms with E-state index >= 15 is 0 Å². The number of amides is 2.